The van der Waals surface area contributed by atoms with Gasteiger partial charge >= 0.3 is 6.09 Å². The highest BCUT2D eigenvalue weighted by Gasteiger charge is 2.34. The Kier molecular flexibility index (Phi) is 8.78. The van der Waals surface area contributed by atoms with E-state index in [4.69, 9.17) is 19.5 Å². The Morgan fingerprint density at radius 3 is 2.39 bits per heavy atom. The zero-order valence-corrected chi connectivity index (χ0v) is 19.9. The number of nitrogens with zero attached hydrogens (tertiary/aromatic N) is 3. The van der Waals surface area contributed by atoms with Gasteiger partial charge < -0.3 is 24.6 Å². The number of carbonyl (C=O) groups excluding carboxylic acids is 1. The predicted molar refractivity (Wildman–Crippen MR) is 123 cm³/mol. The highest BCUT2D eigenvalue weighted by molar-refractivity contribution is 5.67. The van der Waals surface area contributed by atoms with Crippen molar-refractivity contribution in [1.29, 1.82) is 5.26 Å². The number of aromatic hydroxyl groups is 1. The second-order valence-corrected chi connectivity index (χ2v) is 9.68. The van der Waals surface area contributed by atoms with Crippen molar-refractivity contribution in [2.24, 2.45) is 0 Å². The van der Waals surface area contributed by atoms with E-state index in [-0.39, 0.29) is 24.1 Å². The van der Waals surface area contributed by atoms with Crippen LogP contribution >= 0.6 is 0 Å². The summed E-state index contributed by atoms with van der Waals surface area (Å²) in [6.45, 7) is 12.1. The number of fused-ring (bicyclic) bond motifs is 2. The average Bonchev–Trinajstić information content (AvgIpc) is 2.73. The lowest BCUT2D eigenvalue weighted by Gasteiger charge is -2.46. The summed E-state index contributed by atoms with van der Waals surface area (Å²) in [4.78, 5) is 16.6. The molecule has 2 atom stereocenters. The van der Waals surface area contributed by atoms with Gasteiger partial charge in [-0.1, -0.05) is 0 Å². The molecule has 1 aromatic carbocycles. The fraction of sp³-hybridized carbons (Fsp3) is 0.667. The van der Waals surface area contributed by atoms with Gasteiger partial charge in [-0.05, 0) is 45.7 Å². The lowest BCUT2D eigenvalue weighted by atomic mass is 10.1. The Morgan fingerprint density at radius 2 is 1.82 bits per heavy atom. The fourth-order valence-corrected chi connectivity index (χ4v) is 4.21. The molecule has 0 spiro atoms. The van der Waals surface area contributed by atoms with Crippen molar-refractivity contribution < 1.29 is 24.1 Å². The van der Waals surface area contributed by atoms with Crippen molar-refractivity contribution in [3.63, 3.8) is 0 Å². The van der Waals surface area contributed by atoms with Gasteiger partial charge in [0.2, 0.25) is 0 Å². The number of nitrogens with one attached hydrogen (secondary N) is 1. The second-order valence-electron chi connectivity index (χ2n) is 9.68. The Balaban J connectivity index is 1.30. The Hall–Kier alpha value is -2.54. The van der Waals surface area contributed by atoms with E-state index in [1.165, 1.54) is 6.07 Å². The normalized spacial score (nSPS) is 21.3. The SMILES string of the molecule is CC(C)(C)OC(=O)NCCCN1CC2CN(CCCOc3ccc(C#N)cc3O)CC(C1)O2. The maximum Gasteiger partial charge on any atom is 0.407 e. The zero-order valence-electron chi connectivity index (χ0n) is 19.9. The predicted octanol–water partition coefficient (Wildman–Crippen LogP) is 2.33. The van der Waals surface area contributed by atoms with Gasteiger partial charge in [0.05, 0.1) is 30.4 Å². The number of alkyl carbamates (subject to hydrolysis) is 1. The number of ether oxygens (including phenoxy) is 3. The maximum atomic E-state index is 11.7. The van der Waals surface area contributed by atoms with E-state index in [0.717, 1.165) is 52.1 Å². The van der Waals surface area contributed by atoms with E-state index in [9.17, 15) is 9.90 Å². The first-order valence-corrected chi connectivity index (χ1v) is 11.6. The third-order valence-corrected chi connectivity index (χ3v) is 5.52. The summed E-state index contributed by atoms with van der Waals surface area (Å²) >= 11 is 0. The van der Waals surface area contributed by atoms with E-state index in [1.807, 2.05) is 26.8 Å². The van der Waals surface area contributed by atoms with Gasteiger partial charge in [-0.25, -0.2) is 4.79 Å². The molecule has 33 heavy (non-hydrogen) atoms. The van der Waals surface area contributed by atoms with Crippen LogP contribution in [0.3, 0.4) is 0 Å². The summed E-state index contributed by atoms with van der Waals surface area (Å²) in [6.07, 6.45) is 1.75. The summed E-state index contributed by atoms with van der Waals surface area (Å²) in [6, 6.07) is 6.67. The average molecular weight is 461 g/mol. The number of benzene rings is 1. The molecule has 2 fully saturated rings. The van der Waals surface area contributed by atoms with Crippen molar-refractivity contribution in [2.75, 3.05) is 52.4 Å². The third kappa shape index (κ3) is 8.39. The quantitative estimate of drug-likeness (QED) is 0.541. The Morgan fingerprint density at radius 1 is 1.18 bits per heavy atom. The van der Waals surface area contributed by atoms with E-state index in [1.54, 1.807) is 12.1 Å². The number of carbonyl (C=O) groups is 1. The van der Waals surface area contributed by atoms with Crippen LogP contribution in [0.15, 0.2) is 18.2 Å². The molecule has 2 aliphatic heterocycles. The van der Waals surface area contributed by atoms with Gasteiger partial charge in [0.15, 0.2) is 11.5 Å². The van der Waals surface area contributed by atoms with Crippen LogP contribution in [0.1, 0.15) is 39.2 Å². The second kappa shape index (κ2) is 11.5. The molecule has 0 aliphatic carbocycles. The number of phenols is 1. The van der Waals surface area contributed by atoms with Crippen LogP contribution in [0.5, 0.6) is 11.5 Å². The minimum absolute atomic E-state index is 0.00339. The van der Waals surface area contributed by atoms with Crippen LogP contribution in [0.4, 0.5) is 4.79 Å². The number of amides is 1. The van der Waals surface area contributed by atoms with Crippen molar-refractivity contribution in [3.05, 3.63) is 23.8 Å². The Bertz CT molecular complexity index is 821. The van der Waals surface area contributed by atoms with Gasteiger partial charge in [-0.3, -0.25) is 9.80 Å². The van der Waals surface area contributed by atoms with Gasteiger partial charge in [0.1, 0.15) is 5.60 Å². The minimum Gasteiger partial charge on any atom is -0.504 e. The van der Waals surface area contributed by atoms with Crippen molar-refractivity contribution in [3.8, 4) is 17.6 Å². The topological polar surface area (TPSA) is 107 Å². The highest BCUT2D eigenvalue weighted by atomic mass is 16.6. The third-order valence-electron chi connectivity index (χ3n) is 5.52. The first kappa shape index (κ1) is 25.1. The molecule has 2 saturated heterocycles. The highest BCUT2D eigenvalue weighted by Crippen LogP contribution is 2.26. The van der Waals surface area contributed by atoms with E-state index >= 15 is 0 Å². The number of hydrogen-bond donors (Lipinski definition) is 2. The molecular formula is C24H36N4O5. The van der Waals surface area contributed by atoms with Gasteiger partial charge in [-0.15, -0.1) is 0 Å². The summed E-state index contributed by atoms with van der Waals surface area (Å²) in [5, 5.41) is 21.6. The molecule has 9 nitrogen and oxygen atoms in total. The molecule has 2 heterocycles. The van der Waals surface area contributed by atoms with Crippen LogP contribution in [0.2, 0.25) is 0 Å². The van der Waals surface area contributed by atoms with Crippen LogP contribution in [0.25, 0.3) is 0 Å². The lowest BCUT2D eigenvalue weighted by molar-refractivity contribution is -0.138. The monoisotopic (exact) mass is 460 g/mol. The van der Waals surface area contributed by atoms with Crippen molar-refractivity contribution in [1.82, 2.24) is 15.1 Å². The summed E-state index contributed by atoms with van der Waals surface area (Å²) in [5.41, 5.74) is -0.0668. The molecule has 2 bridgehead atoms. The van der Waals surface area contributed by atoms with Crippen LogP contribution in [-0.2, 0) is 9.47 Å². The first-order chi connectivity index (χ1) is 15.7. The zero-order chi connectivity index (χ0) is 23.8. The maximum absolute atomic E-state index is 11.7. The van der Waals surface area contributed by atoms with Gasteiger partial charge in [0.25, 0.3) is 0 Å². The molecule has 3 rings (SSSR count). The fourth-order valence-electron chi connectivity index (χ4n) is 4.21. The first-order valence-electron chi connectivity index (χ1n) is 11.6. The molecular weight excluding hydrogens is 424 g/mol. The number of hydrogen-bond acceptors (Lipinski definition) is 8. The van der Waals surface area contributed by atoms with E-state index < -0.39 is 5.60 Å². The van der Waals surface area contributed by atoms with Crippen LogP contribution in [-0.4, -0.2) is 91.2 Å². The molecule has 2 aliphatic rings. The van der Waals surface area contributed by atoms with Crippen LogP contribution in [0, 0.1) is 11.3 Å². The van der Waals surface area contributed by atoms with Crippen LogP contribution < -0.4 is 10.1 Å². The van der Waals surface area contributed by atoms with E-state index in [2.05, 4.69) is 15.1 Å². The molecule has 0 aromatic heterocycles. The van der Waals surface area contributed by atoms with Crippen molar-refractivity contribution in [2.45, 2.75) is 51.4 Å². The van der Waals surface area contributed by atoms with Crippen molar-refractivity contribution >= 4 is 6.09 Å². The largest absolute Gasteiger partial charge is 0.504 e. The van der Waals surface area contributed by atoms with Gasteiger partial charge in [0, 0.05) is 51.9 Å². The molecule has 1 amide bonds. The summed E-state index contributed by atoms with van der Waals surface area (Å²) < 4.78 is 17.1. The molecule has 182 valence electrons. The molecule has 1 aromatic rings. The van der Waals surface area contributed by atoms with Gasteiger partial charge in [-0.2, -0.15) is 5.26 Å². The summed E-state index contributed by atoms with van der Waals surface area (Å²) in [7, 11) is 0. The number of morpholine rings is 2. The standard InChI is InChI=1S/C24H36N4O5/c1-24(2,3)33-23(30)26-8-4-9-27-14-19-16-28(17-20(15-27)32-19)10-5-11-31-22-7-6-18(13-25)12-21(22)29/h6-7,12,19-20,29H,4-5,8-11,14-17H2,1-3H3,(H,26,30). The molecule has 0 saturated carbocycles. The minimum atomic E-state index is -0.477. The molecule has 9 heteroatoms. The molecule has 0 radical (unpaired) electrons. The molecule has 2 N–H and O–H groups in total. The number of nitriles is 1. The van der Waals surface area contributed by atoms with E-state index in [0.29, 0.717) is 24.5 Å². The smallest absolute Gasteiger partial charge is 0.407 e. The Labute approximate surface area is 196 Å². The summed E-state index contributed by atoms with van der Waals surface area (Å²) in [5.74, 6) is 0.404. The lowest BCUT2D eigenvalue weighted by Crippen LogP contribution is -2.59. The number of phenolic OH excluding ortho intramolecular Hbond substituents is 1. The molecule has 2 unspecified atom stereocenters. The number of rotatable bonds is 9.